The number of piperidine rings is 1. The number of aliphatic carboxylic acids is 2. The minimum atomic E-state index is -5.08. The van der Waals surface area contributed by atoms with Gasteiger partial charge in [0.25, 0.3) is 0 Å². The molecule has 2 saturated heterocycles. The Bertz CT molecular complexity index is 1240. The zero-order valence-electron chi connectivity index (χ0n) is 22.6. The molecule has 0 aromatic carbocycles. The molecule has 3 N–H and O–H groups in total. The van der Waals surface area contributed by atoms with Crippen molar-refractivity contribution >= 4 is 23.8 Å². The number of fused-ring (bicyclic) bond motifs is 1. The topological polar surface area (TPSA) is 159 Å². The van der Waals surface area contributed by atoms with Gasteiger partial charge < -0.3 is 25.2 Å². The summed E-state index contributed by atoms with van der Waals surface area (Å²) < 4.78 is 82.4. The van der Waals surface area contributed by atoms with E-state index in [1.54, 1.807) is 6.20 Å². The number of hydrogen-bond donors (Lipinski definition) is 3. The SMILES string of the molecule is O=C(NCc1ccccn1)[C@@H]1CO[C@@H]2CCN(C(=O)Cc3ccc(F)cn3)C[C@@H]2C1.O=C(O)C(F)(F)F.O=C(O)C(F)(F)F. The van der Waals surface area contributed by atoms with Crippen molar-refractivity contribution in [3.05, 3.63) is 59.9 Å². The van der Waals surface area contributed by atoms with E-state index in [1.807, 2.05) is 23.1 Å². The third-order valence-corrected chi connectivity index (χ3v) is 6.26. The second kappa shape index (κ2) is 15.9. The van der Waals surface area contributed by atoms with Gasteiger partial charge in [0.2, 0.25) is 11.8 Å². The van der Waals surface area contributed by atoms with E-state index >= 15 is 0 Å². The van der Waals surface area contributed by atoms with Gasteiger partial charge in [-0.05, 0) is 37.1 Å². The van der Waals surface area contributed by atoms with Crippen LogP contribution in [0.25, 0.3) is 0 Å². The Hall–Kier alpha value is -4.35. The summed E-state index contributed by atoms with van der Waals surface area (Å²) in [5.74, 6) is -6.11. The molecule has 3 atom stereocenters. The van der Waals surface area contributed by atoms with Crippen molar-refractivity contribution in [1.82, 2.24) is 20.2 Å². The van der Waals surface area contributed by atoms with Gasteiger partial charge in [0, 0.05) is 30.9 Å². The molecule has 2 aromatic rings. The van der Waals surface area contributed by atoms with E-state index < -0.39 is 30.1 Å². The quantitative estimate of drug-likeness (QED) is 0.418. The van der Waals surface area contributed by atoms with Gasteiger partial charge in [-0.3, -0.25) is 19.6 Å². The summed E-state index contributed by atoms with van der Waals surface area (Å²) in [5, 5.41) is 17.2. The van der Waals surface area contributed by atoms with Crippen molar-refractivity contribution in [3.63, 3.8) is 0 Å². The fraction of sp³-hybridized carbons (Fsp3) is 0.462. The predicted octanol–water partition coefficient (Wildman–Crippen LogP) is 2.99. The fourth-order valence-electron chi connectivity index (χ4n) is 4.14. The normalized spacial score (nSPS) is 19.6. The molecule has 18 heteroatoms. The number of halogens is 7. The molecule has 2 fully saturated rings. The number of carboxylic acids is 2. The molecule has 0 bridgehead atoms. The van der Waals surface area contributed by atoms with E-state index in [0.29, 0.717) is 38.4 Å². The summed E-state index contributed by atoms with van der Waals surface area (Å²) in [6, 6.07) is 8.44. The van der Waals surface area contributed by atoms with Gasteiger partial charge in [-0.15, -0.1) is 0 Å². The molecule has 2 aromatic heterocycles. The molecule has 2 amide bonds. The monoisotopic (exact) mass is 640 g/mol. The average molecular weight is 641 g/mol. The Balaban J connectivity index is 0.000000402. The van der Waals surface area contributed by atoms with E-state index in [2.05, 4.69) is 15.3 Å². The van der Waals surface area contributed by atoms with Gasteiger partial charge in [0.15, 0.2) is 0 Å². The lowest BCUT2D eigenvalue weighted by molar-refractivity contribution is -0.193. The molecule has 11 nitrogen and oxygen atoms in total. The van der Waals surface area contributed by atoms with Crippen LogP contribution in [0.15, 0.2) is 42.7 Å². The molecular weight excluding hydrogens is 613 g/mol. The van der Waals surface area contributed by atoms with Crippen molar-refractivity contribution in [2.45, 2.75) is 44.3 Å². The fourth-order valence-corrected chi connectivity index (χ4v) is 4.14. The van der Waals surface area contributed by atoms with Crippen LogP contribution in [0.2, 0.25) is 0 Å². The maximum absolute atomic E-state index is 13.0. The van der Waals surface area contributed by atoms with Crippen molar-refractivity contribution in [2.75, 3.05) is 19.7 Å². The van der Waals surface area contributed by atoms with Gasteiger partial charge in [-0.2, -0.15) is 26.3 Å². The van der Waals surface area contributed by atoms with E-state index in [-0.39, 0.29) is 36.2 Å². The number of carbonyl (C=O) groups is 4. The molecule has 4 rings (SSSR count). The molecule has 242 valence electrons. The molecule has 2 aliphatic heterocycles. The second-order valence-electron chi connectivity index (χ2n) is 9.48. The maximum Gasteiger partial charge on any atom is 0.490 e. The summed E-state index contributed by atoms with van der Waals surface area (Å²) in [6.07, 6.45) is -5.67. The molecule has 0 saturated carbocycles. The molecule has 2 aliphatic rings. The van der Waals surface area contributed by atoms with Crippen LogP contribution >= 0.6 is 0 Å². The van der Waals surface area contributed by atoms with Crippen molar-refractivity contribution < 1.29 is 64.9 Å². The van der Waals surface area contributed by atoms with Gasteiger partial charge in [-0.25, -0.2) is 14.0 Å². The number of carboxylic acid groups (broad SMARTS) is 2. The Morgan fingerprint density at radius 1 is 0.955 bits per heavy atom. The summed E-state index contributed by atoms with van der Waals surface area (Å²) in [6.45, 7) is 1.98. The first-order chi connectivity index (χ1) is 20.5. The zero-order valence-corrected chi connectivity index (χ0v) is 22.6. The van der Waals surface area contributed by atoms with Gasteiger partial charge in [-0.1, -0.05) is 6.07 Å². The van der Waals surface area contributed by atoms with Crippen molar-refractivity contribution in [2.24, 2.45) is 11.8 Å². The Labute approximate surface area is 245 Å². The zero-order chi connectivity index (χ0) is 33.1. The third-order valence-electron chi connectivity index (χ3n) is 6.26. The van der Waals surface area contributed by atoms with E-state index in [0.717, 1.165) is 18.3 Å². The molecule has 4 heterocycles. The second-order valence-corrected chi connectivity index (χ2v) is 9.48. The molecule has 44 heavy (non-hydrogen) atoms. The highest BCUT2D eigenvalue weighted by Gasteiger charge is 2.40. The number of pyridine rings is 2. The van der Waals surface area contributed by atoms with E-state index in [1.165, 1.54) is 12.1 Å². The van der Waals surface area contributed by atoms with Crippen LogP contribution in [0.3, 0.4) is 0 Å². The van der Waals surface area contributed by atoms with Crippen LogP contribution in [-0.4, -0.2) is 87.0 Å². The smallest absolute Gasteiger partial charge is 0.475 e. The minimum Gasteiger partial charge on any atom is -0.475 e. The first-order valence-electron chi connectivity index (χ1n) is 12.7. The van der Waals surface area contributed by atoms with Crippen molar-refractivity contribution in [1.29, 1.82) is 0 Å². The summed E-state index contributed by atoms with van der Waals surface area (Å²) in [5.41, 5.74) is 1.36. The summed E-state index contributed by atoms with van der Waals surface area (Å²) >= 11 is 0. The van der Waals surface area contributed by atoms with Crippen LogP contribution in [0, 0.1) is 17.7 Å². The Kier molecular flexibility index (Phi) is 13.0. The lowest BCUT2D eigenvalue weighted by Gasteiger charge is -2.43. The number of alkyl halides is 6. The first kappa shape index (κ1) is 35.8. The average Bonchev–Trinajstić information content (AvgIpc) is 2.96. The minimum absolute atomic E-state index is 0.0331. The third kappa shape index (κ3) is 12.1. The number of likely N-dealkylation sites (tertiary alicyclic amines) is 1. The number of rotatable bonds is 5. The highest BCUT2D eigenvalue weighted by molar-refractivity contribution is 5.79. The summed E-state index contributed by atoms with van der Waals surface area (Å²) in [4.78, 5) is 53.0. The van der Waals surface area contributed by atoms with Crippen LogP contribution < -0.4 is 5.32 Å². The first-order valence-corrected chi connectivity index (χ1v) is 12.7. The van der Waals surface area contributed by atoms with E-state index in [4.69, 9.17) is 24.5 Å². The molecular formula is C26H27F7N4O7. The largest absolute Gasteiger partial charge is 0.490 e. The van der Waals surface area contributed by atoms with Crippen LogP contribution in [0.4, 0.5) is 30.7 Å². The number of nitrogens with one attached hydrogen (secondary N) is 1. The predicted molar refractivity (Wildman–Crippen MR) is 134 cm³/mol. The van der Waals surface area contributed by atoms with Crippen LogP contribution in [0.1, 0.15) is 24.2 Å². The molecule has 0 unspecified atom stereocenters. The molecule has 0 radical (unpaired) electrons. The van der Waals surface area contributed by atoms with Gasteiger partial charge >= 0.3 is 24.3 Å². The van der Waals surface area contributed by atoms with Crippen LogP contribution in [-0.2, 0) is 36.9 Å². The number of nitrogens with zero attached hydrogens (tertiary/aromatic N) is 3. The Morgan fingerprint density at radius 3 is 2.11 bits per heavy atom. The molecule has 0 aliphatic carbocycles. The lowest BCUT2D eigenvalue weighted by atomic mass is 9.83. The summed E-state index contributed by atoms with van der Waals surface area (Å²) in [7, 11) is 0. The lowest BCUT2D eigenvalue weighted by Crippen LogP contribution is -2.52. The Morgan fingerprint density at radius 2 is 1.59 bits per heavy atom. The van der Waals surface area contributed by atoms with Crippen LogP contribution in [0.5, 0.6) is 0 Å². The van der Waals surface area contributed by atoms with Crippen molar-refractivity contribution in [3.8, 4) is 0 Å². The van der Waals surface area contributed by atoms with E-state index in [9.17, 15) is 40.3 Å². The highest BCUT2D eigenvalue weighted by atomic mass is 19.4. The highest BCUT2D eigenvalue weighted by Crippen LogP contribution is 2.31. The number of amides is 2. The van der Waals surface area contributed by atoms with Gasteiger partial charge in [0.05, 0.1) is 43.5 Å². The molecule has 0 spiro atoms. The number of ether oxygens (including phenoxy) is 1. The number of aromatic nitrogens is 2. The number of hydrogen-bond acceptors (Lipinski definition) is 7. The maximum atomic E-state index is 13.0. The number of carbonyl (C=O) groups excluding carboxylic acids is 2. The van der Waals surface area contributed by atoms with Gasteiger partial charge in [0.1, 0.15) is 5.82 Å². The standard InChI is InChI=1S/C22H25FN4O3.2C2HF3O2/c23-17-4-5-18(25-11-17)10-21(28)27-8-6-20-15(13-27)9-16(14-30-20)22(29)26-12-19-3-1-2-7-24-19;2*3-2(4,5)1(6)7/h1-5,7,11,15-16,20H,6,8-10,12-14H2,(H,26,29);2*(H,6,7)/t15-,16-,20+;;/m0../s1.